The van der Waals surface area contributed by atoms with E-state index in [1.54, 1.807) is 11.8 Å². The number of nitrogens with one attached hydrogen (secondary N) is 2. The number of carbonyl (C=O) groups excluding carboxylic acids is 1. The van der Waals surface area contributed by atoms with Gasteiger partial charge in [-0.15, -0.1) is 10.2 Å². The molecule has 0 saturated heterocycles. The van der Waals surface area contributed by atoms with Crippen LogP contribution < -0.4 is 10.7 Å². The molecule has 4 aromatic rings. The highest BCUT2D eigenvalue weighted by atomic mass is 32.2. The summed E-state index contributed by atoms with van der Waals surface area (Å²) < 4.78 is 15.7. The number of halogens is 1. The highest BCUT2D eigenvalue weighted by Crippen LogP contribution is 2.19. The van der Waals surface area contributed by atoms with E-state index in [9.17, 15) is 14.0 Å². The van der Waals surface area contributed by atoms with Crippen LogP contribution in [-0.4, -0.2) is 37.5 Å². The maximum atomic E-state index is 13.9. The number of carbonyl (C=O) groups is 1. The summed E-state index contributed by atoms with van der Waals surface area (Å²) >= 11 is 1.64. The van der Waals surface area contributed by atoms with E-state index in [0.29, 0.717) is 17.9 Å². The van der Waals surface area contributed by atoms with Gasteiger partial charge in [0, 0.05) is 17.8 Å². The predicted octanol–water partition coefficient (Wildman–Crippen LogP) is 2.93. The van der Waals surface area contributed by atoms with Gasteiger partial charge in [-0.05, 0) is 42.7 Å². The molecule has 3 heterocycles. The molecule has 3 aromatic heterocycles. The Bertz CT molecular complexity index is 1250. The molecule has 0 saturated carbocycles. The quantitative estimate of drug-likeness (QED) is 0.509. The minimum absolute atomic E-state index is 0.0777. The molecule has 0 radical (unpaired) electrons. The topological polar surface area (TPSA) is 92.1 Å². The van der Waals surface area contributed by atoms with E-state index in [-0.39, 0.29) is 16.5 Å². The van der Waals surface area contributed by atoms with Crippen molar-refractivity contribution < 1.29 is 9.18 Å². The van der Waals surface area contributed by atoms with E-state index in [0.717, 1.165) is 5.75 Å². The van der Waals surface area contributed by atoms with Crippen molar-refractivity contribution in [2.75, 3.05) is 12.0 Å². The molecule has 0 spiro atoms. The molecular formula is C20H18FN5O2S. The van der Waals surface area contributed by atoms with Crippen LogP contribution in [0.4, 0.5) is 4.39 Å². The molecule has 0 fully saturated rings. The van der Waals surface area contributed by atoms with Crippen molar-refractivity contribution in [1.82, 2.24) is 24.9 Å². The van der Waals surface area contributed by atoms with Crippen LogP contribution in [0.2, 0.25) is 0 Å². The number of aromatic amines is 1. The Balaban J connectivity index is 1.69. The number of benzene rings is 1. The number of nitrogens with zero attached hydrogens (tertiary/aromatic N) is 3. The number of para-hydroxylation sites is 1. The second-order valence-electron chi connectivity index (χ2n) is 6.49. The molecule has 0 aliphatic rings. The van der Waals surface area contributed by atoms with E-state index in [1.807, 2.05) is 35.1 Å². The summed E-state index contributed by atoms with van der Waals surface area (Å²) in [6.45, 7) is 0. The Morgan fingerprint density at radius 2 is 2.14 bits per heavy atom. The summed E-state index contributed by atoms with van der Waals surface area (Å²) in [5.41, 5.74) is 0.151. The first-order chi connectivity index (χ1) is 14.1. The van der Waals surface area contributed by atoms with Gasteiger partial charge in [0.05, 0.1) is 11.6 Å². The van der Waals surface area contributed by atoms with Crippen molar-refractivity contribution in [3.63, 3.8) is 0 Å². The van der Waals surface area contributed by atoms with E-state index in [4.69, 9.17) is 0 Å². The fourth-order valence-electron chi connectivity index (χ4n) is 3.22. The molecule has 9 heteroatoms. The molecule has 1 aromatic carbocycles. The van der Waals surface area contributed by atoms with E-state index < -0.39 is 23.2 Å². The van der Waals surface area contributed by atoms with E-state index >= 15 is 0 Å². The second kappa shape index (κ2) is 8.04. The van der Waals surface area contributed by atoms with Crippen molar-refractivity contribution in [1.29, 1.82) is 0 Å². The van der Waals surface area contributed by atoms with Gasteiger partial charge in [0.25, 0.3) is 5.91 Å². The molecule has 148 valence electrons. The summed E-state index contributed by atoms with van der Waals surface area (Å²) in [6.07, 6.45) is 5.66. The average molecular weight is 411 g/mol. The highest BCUT2D eigenvalue weighted by Gasteiger charge is 2.23. The zero-order valence-electron chi connectivity index (χ0n) is 15.6. The molecule has 0 bridgehead atoms. The number of thioether (sulfide) groups is 1. The lowest BCUT2D eigenvalue weighted by atomic mass is 10.1. The largest absolute Gasteiger partial charge is 0.358 e. The van der Waals surface area contributed by atoms with Gasteiger partial charge in [0.15, 0.2) is 11.5 Å². The summed E-state index contributed by atoms with van der Waals surface area (Å²) in [5.74, 6) is 0.285. The van der Waals surface area contributed by atoms with Gasteiger partial charge < -0.3 is 10.3 Å². The van der Waals surface area contributed by atoms with Gasteiger partial charge >= 0.3 is 0 Å². The highest BCUT2D eigenvalue weighted by molar-refractivity contribution is 7.98. The third-order valence-electron chi connectivity index (χ3n) is 4.68. The normalized spacial score (nSPS) is 12.3. The van der Waals surface area contributed by atoms with Gasteiger partial charge in [-0.3, -0.25) is 14.0 Å². The van der Waals surface area contributed by atoms with Crippen molar-refractivity contribution in [2.45, 2.75) is 12.5 Å². The smallest absolute Gasteiger partial charge is 0.257 e. The van der Waals surface area contributed by atoms with E-state index in [2.05, 4.69) is 20.5 Å². The molecule has 1 amide bonds. The Morgan fingerprint density at radius 3 is 2.97 bits per heavy atom. The van der Waals surface area contributed by atoms with Crippen molar-refractivity contribution in [2.24, 2.45) is 0 Å². The summed E-state index contributed by atoms with van der Waals surface area (Å²) in [7, 11) is 0. The zero-order valence-corrected chi connectivity index (χ0v) is 16.4. The number of pyridine rings is 2. The minimum atomic E-state index is -0.545. The summed E-state index contributed by atoms with van der Waals surface area (Å²) in [5, 5.41) is 11.4. The van der Waals surface area contributed by atoms with Crippen LogP contribution in [0.5, 0.6) is 0 Å². The van der Waals surface area contributed by atoms with Gasteiger partial charge in [-0.1, -0.05) is 12.1 Å². The molecule has 0 aliphatic carbocycles. The Kier molecular flexibility index (Phi) is 5.30. The van der Waals surface area contributed by atoms with Crippen LogP contribution in [0.25, 0.3) is 16.6 Å². The van der Waals surface area contributed by atoms with Gasteiger partial charge in [-0.2, -0.15) is 11.8 Å². The van der Waals surface area contributed by atoms with Crippen LogP contribution in [0.3, 0.4) is 0 Å². The number of hydrogen-bond donors (Lipinski definition) is 2. The Labute approximate surface area is 169 Å². The third-order valence-corrected chi connectivity index (χ3v) is 5.32. The first kappa shape index (κ1) is 19.1. The SMILES string of the molecule is CSCC[C@H](NC(=O)c1c[nH]c2c(F)cccc2c1=O)c1nnc2ccccn12. The predicted molar refractivity (Wildman–Crippen MR) is 111 cm³/mol. The second-order valence-corrected chi connectivity index (χ2v) is 7.47. The molecular weight excluding hydrogens is 393 g/mol. The third kappa shape index (κ3) is 3.61. The van der Waals surface area contributed by atoms with Crippen molar-refractivity contribution >= 4 is 34.2 Å². The zero-order chi connectivity index (χ0) is 20.4. The van der Waals surface area contributed by atoms with Crippen LogP contribution >= 0.6 is 11.8 Å². The molecule has 0 aliphatic heterocycles. The number of H-pyrrole nitrogens is 1. The minimum Gasteiger partial charge on any atom is -0.358 e. The van der Waals surface area contributed by atoms with Gasteiger partial charge in [0.1, 0.15) is 11.4 Å². The van der Waals surface area contributed by atoms with Crippen LogP contribution in [0, 0.1) is 5.82 Å². The summed E-state index contributed by atoms with van der Waals surface area (Å²) in [6, 6.07) is 9.30. The lowest BCUT2D eigenvalue weighted by molar-refractivity contribution is 0.0932. The molecule has 7 nitrogen and oxygen atoms in total. The summed E-state index contributed by atoms with van der Waals surface area (Å²) in [4.78, 5) is 28.4. The number of hydrogen-bond acceptors (Lipinski definition) is 5. The lowest BCUT2D eigenvalue weighted by Crippen LogP contribution is -2.33. The number of amides is 1. The van der Waals surface area contributed by atoms with Crippen LogP contribution in [-0.2, 0) is 0 Å². The van der Waals surface area contributed by atoms with Crippen LogP contribution in [0.15, 0.2) is 53.6 Å². The Hall–Kier alpha value is -3.20. The number of fused-ring (bicyclic) bond motifs is 2. The number of aromatic nitrogens is 4. The van der Waals surface area contributed by atoms with Crippen molar-refractivity contribution in [3.8, 4) is 0 Å². The van der Waals surface area contributed by atoms with Gasteiger partial charge in [-0.25, -0.2) is 4.39 Å². The van der Waals surface area contributed by atoms with Gasteiger partial charge in [0.2, 0.25) is 5.43 Å². The van der Waals surface area contributed by atoms with E-state index in [1.165, 1.54) is 24.4 Å². The fourth-order valence-corrected chi connectivity index (χ4v) is 3.69. The monoisotopic (exact) mass is 411 g/mol. The Morgan fingerprint density at radius 1 is 1.28 bits per heavy atom. The molecule has 2 N–H and O–H groups in total. The molecule has 1 atom stereocenters. The molecule has 29 heavy (non-hydrogen) atoms. The lowest BCUT2D eigenvalue weighted by Gasteiger charge is -2.17. The molecule has 0 unspecified atom stereocenters. The first-order valence-corrected chi connectivity index (χ1v) is 10.4. The maximum Gasteiger partial charge on any atom is 0.257 e. The van der Waals surface area contributed by atoms with Crippen LogP contribution in [0.1, 0.15) is 28.6 Å². The number of rotatable bonds is 6. The fraction of sp³-hybridized carbons (Fsp3) is 0.200. The standard InChI is InChI=1S/C20H18FN5O2S/c1-29-10-8-15(19-25-24-16-7-2-3-9-26(16)19)23-20(28)13-11-22-17-12(18(13)27)5-4-6-14(17)21/h2-7,9,11,15H,8,10H2,1H3,(H,22,27)(H,23,28)/t15-/m0/s1. The van der Waals surface area contributed by atoms with Crippen molar-refractivity contribution in [3.05, 3.63) is 76.2 Å². The molecule has 4 rings (SSSR count). The average Bonchev–Trinajstić information content (AvgIpc) is 3.16. The first-order valence-electron chi connectivity index (χ1n) is 8.99. The maximum absolute atomic E-state index is 13.9.